The monoisotopic (exact) mass is 265 g/mol. The molecule has 0 bridgehead atoms. The van der Waals surface area contributed by atoms with Crippen LogP contribution in [0.3, 0.4) is 0 Å². The number of aryl methyl sites for hydroxylation is 1. The fourth-order valence-corrected chi connectivity index (χ4v) is 2.60. The average Bonchev–Trinajstić information content (AvgIpc) is 2.37. The molecule has 0 atom stereocenters. The highest BCUT2D eigenvalue weighted by Gasteiger charge is 2.12. The number of hydrogen-bond donors (Lipinski definition) is 0. The minimum Gasteiger partial charge on any atom is -0.334 e. The molecule has 1 aromatic carbocycles. The first-order chi connectivity index (χ1) is 8.67. The summed E-state index contributed by atoms with van der Waals surface area (Å²) in [6, 6.07) is 8.38. The second kappa shape index (κ2) is 8.20. The van der Waals surface area contributed by atoms with Crippen LogP contribution in [0.2, 0.25) is 0 Å². The van der Waals surface area contributed by atoms with Crippen LogP contribution in [0.4, 0.5) is 4.79 Å². The summed E-state index contributed by atoms with van der Waals surface area (Å²) in [4.78, 5) is 14.0. The number of carbonyl (C=O) groups excluding carboxylic acids is 1. The largest absolute Gasteiger partial charge is 0.334 e. The molecule has 2 nitrogen and oxygen atoms in total. The van der Waals surface area contributed by atoms with Crippen LogP contribution in [0.5, 0.6) is 0 Å². The van der Waals surface area contributed by atoms with Crippen molar-refractivity contribution >= 4 is 17.0 Å². The van der Waals surface area contributed by atoms with E-state index in [4.69, 9.17) is 0 Å². The number of rotatable bonds is 6. The number of carbonyl (C=O) groups is 1. The summed E-state index contributed by atoms with van der Waals surface area (Å²) in [6.45, 7) is 8.04. The van der Waals surface area contributed by atoms with Crippen molar-refractivity contribution in [3.8, 4) is 0 Å². The van der Waals surface area contributed by atoms with E-state index in [2.05, 4.69) is 45.0 Å². The van der Waals surface area contributed by atoms with Gasteiger partial charge in [0.25, 0.3) is 5.24 Å². The van der Waals surface area contributed by atoms with E-state index in [-0.39, 0.29) is 5.24 Å². The Hall–Kier alpha value is -0.960. The quantitative estimate of drug-likeness (QED) is 0.756. The van der Waals surface area contributed by atoms with Crippen LogP contribution in [-0.2, 0) is 5.75 Å². The molecule has 0 spiro atoms. The predicted octanol–water partition coefficient (Wildman–Crippen LogP) is 4.47. The molecule has 0 aliphatic rings. The molecule has 0 heterocycles. The number of hydrogen-bond acceptors (Lipinski definition) is 2. The normalized spacial score (nSPS) is 10.4. The highest BCUT2D eigenvalue weighted by molar-refractivity contribution is 8.12. The highest BCUT2D eigenvalue weighted by Crippen LogP contribution is 2.17. The summed E-state index contributed by atoms with van der Waals surface area (Å²) in [5.74, 6) is 0.767. The first-order valence-corrected chi connectivity index (χ1v) is 7.63. The van der Waals surface area contributed by atoms with E-state index in [1.807, 2.05) is 4.90 Å². The van der Waals surface area contributed by atoms with Gasteiger partial charge in [-0.15, -0.1) is 0 Å². The Kier molecular flexibility index (Phi) is 6.88. The van der Waals surface area contributed by atoms with Crippen LogP contribution in [0.1, 0.15) is 37.8 Å². The van der Waals surface area contributed by atoms with Gasteiger partial charge in [0.1, 0.15) is 0 Å². The molecular weight excluding hydrogens is 242 g/mol. The smallest absolute Gasteiger partial charge is 0.281 e. The van der Waals surface area contributed by atoms with Gasteiger partial charge in [0.2, 0.25) is 0 Å². The van der Waals surface area contributed by atoms with Crippen molar-refractivity contribution in [2.45, 2.75) is 39.4 Å². The highest BCUT2D eigenvalue weighted by atomic mass is 32.2. The Morgan fingerprint density at radius 1 is 1.11 bits per heavy atom. The molecule has 0 saturated carbocycles. The zero-order valence-electron chi connectivity index (χ0n) is 11.6. The molecule has 0 N–H and O–H groups in total. The minimum absolute atomic E-state index is 0.208. The van der Waals surface area contributed by atoms with Gasteiger partial charge >= 0.3 is 0 Å². The third-order valence-corrected chi connectivity index (χ3v) is 3.71. The van der Waals surface area contributed by atoms with Gasteiger partial charge in [-0.25, -0.2) is 0 Å². The molecule has 0 saturated heterocycles. The van der Waals surface area contributed by atoms with Crippen LogP contribution in [0.25, 0.3) is 0 Å². The Bertz CT molecular complexity index is 355. The third-order valence-electron chi connectivity index (χ3n) is 2.73. The molecule has 0 fully saturated rings. The molecule has 1 aromatic rings. The molecule has 0 aromatic heterocycles. The van der Waals surface area contributed by atoms with E-state index in [1.165, 1.54) is 22.9 Å². The number of benzene rings is 1. The Morgan fingerprint density at radius 2 is 1.67 bits per heavy atom. The van der Waals surface area contributed by atoms with Gasteiger partial charge in [-0.2, -0.15) is 0 Å². The first kappa shape index (κ1) is 15.1. The first-order valence-electron chi connectivity index (χ1n) is 6.64. The molecule has 100 valence electrons. The molecule has 18 heavy (non-hydrogen) atoms. The summed E-state index contributed by atoms with van der Waals surface area (Å²) in [5, 5.41) is 0.208. The molecule has 0 radical (unpaired) electrons. The summed E-state index contributed by atoms with van der Waals surface area (Å²) in [5.41, 5.74) is 2.47. The Morgan fingerprint density at radius 3 is 2.17 bits per heavy atom. The summed E-state index contributed by atoms with van der Waals surface area (Å²) in [7, 11) is 0. The molecule has 3 heteroatoms. The van der Waals surface area contributed by atoms with Crippen molar-refractivity contribution < 1.29 is 4.79 Å². The van der Waals surface area contributed by atoms with Crippen molar-refractivity contribution in [1.82, 2.24) is 4.90 Å². The van der Waals surface area contributed by atoms with Crippen LogP contribution in [-0.4, -0.2) is 23.2 Å². The lowest BCUT2D eigenvalue weighted by Crippen LogP contribution is -2.29. The Labute approximate surface area is 115 Å². The van der Waals surface area contributed by atoms with Crippen molar-refractivity contribution in [1.29, 1.82) is 0 Å². The average molecular weight is 265 g/mol. The topological polar surface area (TPSA) is 20.3 Å². The SMILES string of the molecule is CCCN(CCC)C(=O)SCc1ccc(C)cc1. The fourth-order valence-electron chi connectivity index (χ4n) is 1.75. The maximum atomic E-state index is 12.1. The summed E-state index contributed by atoms with van der Waals surface area (Å²) in [6.07, 6.45) is 2.05. The second-order valence-corrected chi connectivity index (χ2v) is 5.45. The Balaban J connectivity index is 2.45. The fraction of sp³-hybridized carbons (Fsp3) is 0.533. The van der Waals surface area contributed by atoms with Crippen LogP contribution in [0.15, 0.2) is 24.3 Å². The van der Waals surface area contributed by atoms with E-state index in [0.717, 1.165) is 31.7 Å². The molecular formula is C15H23NOS. The van der Waals surface area contributed by atoms with Gasteiger partial charge in [-0.05, 0) is 25.3 Å². The molecule has 1 rings (SSSR count). The van der Waals surface area contributed by atoms with Crippen molar-refractivity contribution in [3.63, 3.8) is 0 Å². The zero-order chi connectivity index (χ0) is 13.4. The number of thioether (sulfide) groups is 1. The zero-order valence-corrected chi connectivity index (χ0v) is 12.4. The molecule has 0 aliphatic heterocycles. The number of amides is 1. The van der Waals surface area contributed by atoms with Crippen LogP contribution < -0.4 is 0 Å². The summed E-state index contributed by atoms with van der Waals surface area (Å²) >= 11 is 1.41. The van der Waals surface area contributed by atoms with Gasteiger partial charge in [0.05, 0.1) is 0 Å². The third kappa shape index (κ3) is 5.13. The molecule has 0 aliphatic carbocycles. The van der Waals surface area contributed by atoms with E-state index < -0.39 is 0 Å². The maximum absolute atomic E-state index is 12.1. The van der Waals surface area contributed by atoms with Gasteiger partial charge in [-0.1, -0.05) is 55.4 Å². The second-order valence-electron chi connectivity index (χ2n) is 4.53. The maximum Gasteiger partial charge on any atom is 0.281 e. The van der Waals surface area contributed by atoms with E-state index >= 15 is 0 Å². The predicted molar refractivity (Wildman–Crippen MR) is 80.0 cm³/mol. The van der Waals surface area contributed by atoms with Crippen LogP contribution in [0, 0.1) is 6.92 Å². The van der Waals surface area contributed by atoms with E-state index in [1.54, 1.807) is 0 Å². The van der Waals surface area contributed by atoms with Gasteiger partial charge in [0.15, 0.2) is 0 Å². The molecule has 0 unspecified atom stereocenters. The standard InChI is InChI=1S/C15H23NOS/c1-4-10-16(11-5-2)15(17)18-12-14-8-6-13(3)7-9-14/h6-9H,4-5,10-12H2,1-3H3. The van der Waals surface area contributed by atoms with Crippen molar-refractivity contribution in [3.05, 3.63) is 35.4 Å². The van der Waals surface area contributed by atoms with Crippen molar-refractivity contribution in [2.75, 3.05) is 13.1 Å². The van der Waals surface area contributed by atoms with Gasteiger partial charge < -0.3 is 4.90 Å². The van der Waals surface area contributed by atoms with Gasteiger partial charge in [-0.3, -0.25) is 4.79 Å². The van der Waals surface area contributed by atoms with Crippen LogP contribution >= 0.6 is 11.8 Å². The minimum atomic E-state index is 0.208. The van der Waals surface area contributed by atoms with Gasteiger partial charge in [0, 0.05) is 18.8 Å². The molecule has 1 amide bonds. The lowest BCUT2D eigenvalue weighted by Gasteiger charge is -2.20. The van der Waals surface area contributed by atoms with E-state index in [9.17, 15) is 4.79 Å². The lowest BCUT2D eigenvalue weighted by molar-refractivity contribution is 0.223. The summed E-state index contributed by atoms with van der Waals surface area (Å²) < 4.78 is 0. The van der Waals surface area contributed by atoms with Crippen molar-refractivity contribution in [2.24, 2.45) is 0 Å². The number of nitrogens with zero attached hydrogens (tertiary/aromatic N) is 1. The lowest BCUT2D eigenvalue weighted by atomic mass is 10.2. The van der Waals surface area contributed by atoms with E-state index in [0.29, 0.717) is 0 Å².